The van der Waals surface area contributed by atoms with Gasteiger partial charge in [-0.2, -0.15) is 0 Å². The van der Waals surface area contributed by atoms with Gasteiger partial charge in [0, 0.05) is 61.5 Å². The molecule has 1 aromatic heterocycles. The van der Waals surface area contributed by atoms with Crippen LogP contribution >= 0.6 is 11.6 Å². The van der Waals surface area contributed by atoms with Crippen molar-refractivity contribution < 1.29 is 82.6 Å². The number of carbonyl (C=O) groups excluding carboxylic acids is 2. The lowest BCUT2D eigenvalue weighted by atomic mass is 9.73. The number of rotatable bonds is 18. The van der Waals surface area contributed by atoms with Crippen molar-refractivity contribution in [2.75, 3.05) is 53.4 Å². The van der Waals surface area contributed by atoms with E-state index in [9.17, 15) is 44.7 Å². The van der Waals surface area contributed by atoms with Gasteiger partial charge in [-0.1, -0.05) is 44.5 Å². The number of aromatic carboxylic acids is 1. The first-order valence-corrected chi connectivity index (χ1v) is 28.0. The molecule has 23 heteroatoms. The summed E-state index contributed by atoms with van der Waals surface area (Å²) in [7, 11) is 6.52. The van der Waals surface area contributed by atoms with Crippen LogP contribution < -0.4 is 10.7 Å². The lowest BCUT2D eigenvalue weighted by molar-refractivity contribution is -0.318. The highest BCUT2D eigenvalue weighted by molar-refractivity contribution is 6.34. The van der Waals surface area contributed by atoms with E-state index < -0.39 is 119 Å². The number of carbonyl (C=O) groups is 3. The van der Waals surface area contributed by atoms with Gasteiger partial charge in [0.1, 0.15) is 36.1 Å². The van der Waals surface area contributed by atoms with E-state index in [4.69, 9.17) is 54.3 Å². The molecule has 4 heterocycles. The van der Waals surface area contributed by atoms with E-state index in [1.54, 1.807) is 72.1 Å². The van der Waals surface area contributed by atoms with Crippen LogP contribution in [0.25, 0.3) is 10.9 Å². The van der Waals surface area contributed by atoms with Crippen LogP contribution in [0.4, 0.5) is 5.69 Å². The number of oxime groups is 1. The average Bonchev–Trinajstić information content (AvgIpc) is 4.26. The summed E-state index contributed by atoms with van der Waals surface area (Å²) in [6, 6.07) is 2.93. The maximum atomic E-state index is 14.6. The van der Waals surface area contributed by atoms with Crippen molar-refractivity contribution in [1.29, 1.82) is 0 Å². The van der Waals surface area contributed by atoms with E-state index in [-0.39, 0.29) is 74.6 Å². The normalized spacial score (nSPS) is 37.6. The SMILES string of the molecule is CC[C@H]1OC(=O)[C@H](C)[C@@H](O[C@H]2C[C@@](C)(OC)[C@@H](OC(=O)CCOCCNc3cc4c(=O)c(C(=O)O)cn(C5CC5)c4cc3Cl)[C@H](C)O2)[C@H](C)[C@@H](O[C@@H]2O[C@H](C)C[C@H](N(C)C)[C@H]2O)[C@](C)(O)C[C@@H](C)C(=NOC)[C@H](C)[C@@H](O)[C@]1(C)O. The third kappa shape index (κ3) is 14.6. The van der Waals surface area contributed by atoms with Crippen molar-refractivity contribution in [3.05, 3.63) is 39.1 Å². The van der Waals surface area contributed by atoms with Crippen LogP contribution in [0.3, 0.4) is 0 Å². The number of nitrogens with zero attached hydrogens (tertiary/aromatic N) is 3. The van der Waals surface area contributed by atoms with Crippen LogP contribution in [0, 0.1) is 23.7 Å². The Kier molecular flexibility index (Phi) is 21.5. The summed E-state index contributed by atoms with van der Waals surface area (Å²) in [6.45, 7) is 17.2. The molecule has 6 rings (SSSR count). The minimum Gasteiger partial charge on any atom is -0.477 e. The van der Waals surface area contributed by atoms with Crippen LogP contribution in [-0.2, 0) is 52.3 Å². The molecule has 0 amide bonds. The fourth-order valence-corrected chi connectivity index (χ4v) is 12.2. The molecule has 22 nitrogen and oxygen atoms in total. The van der Waals surface area contributed by atoms with Crippen molar-refractivity contribution in [1.82, 2.24) is 9.47 Å². The molecule has 0 bridgehead atoms. The highest BCUT2D eigenvalue weighted by Crippen LogP contribution is 2.43. The summed E-state index contributed by atoms with van der Waals surface area (Å²) >= 11 is 6.62. The zero-order valence-corrected chi connectivity index (χ0v) is 49.1. The number of fused-ring (bicyclic) bond motifs is 1. The van der Waals surface area contributed by atoms with Gasteiger partial charge in [0.2, 0.25) is 5.43 Å². The lowest BCUT2D eigenvalue weighted by Gasteiger charge is -2.49. The summed E-state index contributed by atoms with van der Waals surface area (Å²) in [6.07, 6.45) is -7.23. The Labute approximate surface area is 468 Å². The molecule has 0 spiro atoms. The average molecular weight is 1140 g/mol. The number of hydrogen-bond acceptors (Lipinski definition) is 20. The van der Waals surface area contributed by atoms with Gasteiger partial charge in [-0.25, -0.2) is 4.79 Å². The van der Waals surface area contributed by atoms with E-state index in [0.29, 0.717) is 28.4 Å². The number of aromatic nitrogens is 1. The molecule has 6 N–H and O–H groups in total. The molecule has 4 fully saturated rings. The van der Waals surface area contributed by atoms with Gasteiger partial charge in [0.05, 0.1) is 83.6 Å². The minimum atomic E-state index is -1.99. The van der Waals surface area contributed by atoms with Gasteiger partial charge >= 0.3 is 17.9 Å². The van der Waals surface area contributed by atoms with E-state index in [0.717, 1.165) is 12.8 Å². The zero-order valence-electron chi connectivity index (χ0n) is 48.3. The van der Waals surface area contributed by atoms with Gasteiger partial charge in [-0.15, -0.1) is 0 Å². The number of esters is 2. The number of benzene rings is 1. The number of cyclic esters (lactones) is 1. The molecular formula is C56H87ClN4O18. The van der Waals surface area contributed by atoms with E-state index in [2.05, 4.69) is 10.5 Å². The molecule has 0 radical (unpaired) electrons. The number of likely N-dealkylation sites (N-methyl/N-ethyl adjacent to an activating group) is 1. The molecule has 3 aliphatic heterocycles. The topological polar surface area (TPSA) is 285 Å². The first-order chi connectivity index (χ1) is 37.0. The lowest BCUT2D eigenvalue weighted by Crippen LogP contribution is -2.61. The number of methoxy groups -OCH3 is 1. The quantitative estimate of drug-likeness (QED) is 0.0628. The number of aliphatic hydroxyl groups is 4. The summed E-state index contributed by atoms with van der Waals surface area (Å²) in [4.78, 5) is 60.2. The smallest absolute Gasteiger partial charge is 0.341 e. The number of nitrogens with one attached hydrogen (secondary N) is 1. The van der Waals surface area contributed by atoms with Gasteiger partial charge in [0.15, 0.2) is 18.7 Å². The van der Waals surface area contributed by atoms with Crippen molar-refractivity contribution in [3.8, 4) is 0 Å². The largest absolute Gasteiger partial charge is 0.477 e. The highest BCUT2D eigenvalue weighted by atomic mass is 35.5. The standard InChI is InChI=1S/C56H87ClN4O18/c1-15-41-56(10,70)48(65)30(4)44(59-72-14)28(2)25-54(8,69)49(79-53-46(64)40(60(11)12)22-29(3)74-53)31(5)47(32(6)52(68)76-41)78-43-26-55(9,71-13)50(33(7)75-43)77-42(62)18-20-73-21-19-58-38-23-35-39(24-37(38)57)61(34-16-17-34)27-36(45(35)63)51(66)67/h23-24,27-34,40-41,43,46-50,53,58,64-65,69-70H,15-22,25-26H2,1-14H3,(H,66,67)/t28-,29-,30+,31+,32-,33+,40+,41-,43+,46-,47+,48-,49-,50+,53+,54-,55-,56-/m1/s1. The molecule has 1 aromatic carbocycles. The maximum absolute atomic E-state index is 14.6. The minimum absolute atomic E-state index is 0.0127. The molecule has 18 atom stereocenters. The fraction of sp³-hybridized carbons (Fsp3) is 0.768. The summed E-state index contributed by atoms with van der Waals surface area (Å²) in [5.74, 6) is -6.21. The van der Waals surface area contributed by atoms with Crippen LogP contribution in [0.2, 0.25) is 5.02 Å². The Hall–Kier alpha value is -4.04. The van der Waals surface area contributed by atoms with Gasteiger partial charge in [-0.05, 0) is 99.9 Å². The Morgan fingerprint density at radius 1 is 0.949 bits per heavy atom. The second-order valence-electron chi connectivity index (χ2n) is 23.2. The third-order valence-corrected chi connectivity index (χ3v) is 16.9. The van der Waals surface area contributed by atoms with E-state index >= 15 is 0 Å². The Bertz CT molecular complexity index is 2520. The molecule has 2 aromatic rings. The number of hydrogen-bond donors (Lipinski definition) is 6. The molecule has 0 unspecified atom stereocenters. The van der Waals surface area contributed by atoms with Gasteiger partial charge in [0.25, 0.3) is 0 Å². The summed E-state index contributed by atoms with van der Waals surface area (Å²) in [5, 5.41) is 66.2. The number of ether oxygens (including phenoxy) is 8. The van der Waals surface area contributed by atoms with Gasteiger partial charge < -0.3 is 83.0 Å². The van der Waals surface area contributed by atoms with Crippen molar-refractivity contribution in [2.45, 2.75) is 204 Å². The van der Waals surface area contributed by atoms with Crippen molar-refractivity contribution >= 4 is 51.8 Å². The molecule has 79 heavy (non-hydrogen) atoms. The first kappa shape index (κ1) is 64.1. The predicted molar refractivity (Wildman–Crippen MR) is 292 cm³/mol. The Morgan fingerprint density at radius 2 is 1.63 bits per heavy atom. The van der Waals surface area contributed by atoms with E-state index in [1.807, 2.05) is 25.9 Å². The molecule has 1 saturated carbocycles. The molecule has 3 saturated heterocycles. The molecule has 4 aliphatic rings. The van der Waals surface area contributed by atoms with Crippen LogP contribution in [0.1, 0.15) is 131 Å². The van der Waals surface area contributed by atoms with E-state index in [1.165, 1.54) is 27.3 Å². The van der Waals surface area contributed by atoms with Crippen molar-refractivity contribution in [3.63, 3.8) is 0 Å². The molecule has 1 aliphatic carbocycles. The predicted octanol–water partition coefficient (Wildman–Crippen LogP) is 5.29. The number of aliphatic hydroxyl groups excluding tert-OH is 2. The monoisotopic (exact) mass is 1140 g/mol. The fourth-order valence-electron chi connectivity index (χ4n) is 11.9. The maximum Gasteiger partial charge on any atom is 0.341 e. The Balaban J connectivity index is 1.19. The second-order valence-corrected chi connectivity index (χ2v) is 23.6. The summed E-state index contributed by atoms with van der Waals surface area (Å²) < 4.78 is 52.2. The zero-order chi connectivity index (χ0) is 58.6. The number of anilines is 1. The molecular weight excluding hydrogens is 1050 g/mol. The van der Waals surface area contributed by atoms with Crippen molar-refractivity contribution in [2.24, 2.45) is 28.8 Å². The van der Waals surface area contributed by atoms with Crippen LogP contribution in [-0.4, -0.2) is 191 Å². The summed E-state index contributed by atoms with van der Waals surface area (Å²) in [5.41, 5.74) is -4.63. The van der Waals surface area contributed by atoms with Crippen LogP contribution in [0.5, 0.6) is 0 Å². The third-order valence-electron chi connectivity index (χ3n) is 16.6. The first-order valence-electron chi connectivity index (χ1n) is 27.6. The number of halogens is 1. The molecule has 446 valence electrons. The number of carboxylic acids is 1. The number of carboxylic acid groups (broad SMARTS) is 1. The van der Waals surface area contributed by atoms with Crippen LogP contribution in [0.15, 0.2) is 28.3 Å². The second kappa shape index (κ2) is 26.5. The Morgan fingerprint density at radius 3 is 2.24 bits per heavy atom. The highest BCUT2D eigenvalue weighted by Gasteiger charge is 2.54. The number of pyridine rings is 1. The van der Waals surface area contributed by atoms with Gasteiger partial charge in [-0.3, -0.25) is 14.4 Å².